The van der Waals surface area contributed by atoms with Gasteiger partial charge in [0.2, 0.25) is 5.95 Å². The first-order valence-corrected chi connectivity index (χ1v) is 7.48. The molecule has 1 aliphatic carbocycles. The average Bonchev–Trinajstić information content (AvgIpc) is 2.91. The molecule has 0 atom stereocenters. The van der Waals surface area contributed by atoms with E-state index >= 15 is 0 Å². The van der Waals surface area contributed by atoms with Gasteiger partial charge in [-0.25, -0.2) is 9.97 Å². The van der Waals surface area contributed by atoms with Gasteiger partial charge in [-0.3, -0.25) is 0 Å². The minimum absolute atomic E-state index is 0.352. The largest absolute Gasteiger partial charge is 0.368 e. The molecule has 4 heteroatoms. The third-order valence-electron chi connectivity index (χ3n) is 3.91. The van der Waals surface area contributed by atoms with Crippen LogP contribution in [0.5, 0.6) is 0 Å². The molecular formula is C16H18ClN3. The van der Waals surface area contributed by atoms with E-state index in [9.17, 15) is 0 Å². The van der Waals surface area contributed by atoms with Gasteiger partial charge in [-0.2, -0.15) is 0 Å². The van der Waals surface area contributed by atoms with Crippen LogP contribution in [0.15, 0.2) is 30.3 Å². The first kappa shape index (κ1) is 13.4. The van der Waals surface area contributed by atoms with Crippen molar-refractivity contribution in [1.82, 2.24) is 9.97 Å². The van der Waals surface area contributed by atoms with Gasteiger partial charge in [0, 0.05) is 16.3 Å². The number of halogens is 1. The second kappa shape index (κ2) is 5.80. The molecule has 104 valence electrons. The lowest BCUT2D eigenvalue weighted by molar-refractivity contribution is 0.539. The standard InChI is InChI=1S/C16H18ClN3/c17-13-7-5-12(6-8-13)15-10-14(19-16(18)20-15)9-11-3-1-2-4-11/h5-8,10-11H,1-4,9H2,(H2,18,19,20). The number of hydrogen-bond donors (Lipinski definition) is 1. The zero-order valence-electron chi connectivity index (χ0n) is 11.3. The number of nitrogen functional groups attached to an aromatic ring is 1. The zero-order chi connectivity index (χ0) is 13.9. The van der Waals surface area contributed by atoms with Crippen molar-refractivity contribution < 1.29 is 0 Å². The van der Waals surface area contributed by atoms with Gasteiger partial charge in [-0.05, 0) is 30.5 Å². The Labute approximate surface area is 124 Å². The van der Waals surface area contributed by atoms with E-state index in [1.54, 1.807) is 0 Å². The van der Waals surface area contributed by atoms with Crippen LogP contribution in [0.25, 0.3) is 11.3 Å². The van der Waals surface area contributed by atoms with Crippen LogP contribution in [0.4, 0.5) is 5.95 Å². The molecular weight excluding hydrogens is 270 g/mol. The minimum atomic E-state index is 0.352. The average molecular weight is 288 g/mol. The maximum Gasteiger partial charge on any atom is 0.220 e. The maximum atomic E-state index is 5.92. The van der Waals surface area contributed by atoms with E-state index in [1.807, 2.05) is 24.3 Å². The highest BCUT2D eigenvalue weighted by molar-refractivity contribution is 6.30. The third-order valence-corrected chi connectivity index (χ3v) is 4.16. The van der Waals surface area contributed by atoms with Crippen LogP contribution >= 0.6 is 11.6 Å². The first-order chi connectivity index (χ1) is 9.70. The van der Waals surface area contributed by atoms with Crippen LogP contribution in [0.2, 0.25) is 5.02 Å². The highest BCUT2D eigenvalue weighted by Crippen LogP contribution is 2.29. The first-order valence-electron chi connectivity index (χ1n) is 7.10. The van der Waals surface area contributed by atoms with Gasteiger partial charge < -0.3 is 5.73 Å². The van der Waals surface area contributed by atoms with E-state index in [2.05, 4.69) is 16.0 Å². The smallest absolute Gasteiger partial charge is 0.220 e. The molecule has 1 aromatic heterocycles. The molecule has 1 fully saturated rings. The monoisotopic (exact) mass is 287 g/mol. The molecule has 0 radical (unpaired) electrons. The van der Waals surface area contributed by atoms with Gasteiger partial charge in [0.25, 0.3) is 0 Å². The summed E-state index contributed by atoms with van der Waals surface area (Å²) in [4.78, 5) is 8.71. The summed E-state index contributed by atoms with van der Waals surface area (Å²) >= 11 is 5.92. The summed E-state index contributed by atoms with van der Waals surface area (Å²) in [6.45, 7) is 0. The van der Waals surface area contributed by atoms with Crippen molar-refractivity contribution in [1.29, 1.82) is 0 Å². The van der Waals surface area contributed by atoms with Crippen molar-refractivity contribution in [2.45, 2.75) is 32.1 Å². The summed E-state index contributed by atoms with van der Waals surface area (Å²) in [6, 6.07) is 9.71. The van der Waals surface area contributed by atoms with Gasteiger partial charge in [0.1, 0.15) is 0 Å². The molecule has 2 aromatic rings. The Morgan fingerprint density at radius 2 is 1.80 bits per heavy atom. The fourth-order valence-electron chi connectivity index (χ4n) is 2.90. The van der Waals surface area contributed by atoms with Crippen LogP contribution in [-0.4, -0.2) is 9.97 Å². The summed E-state index contributed by atoms with van der Waals surface area (Å²) in [5.41, 5.74) is 8.80. The minimum Gasteiger partial charge on any atom is -0.368 e. The van der Waals surface area contributed by atoms with E-state index in [1.165, 1.54) is 25.7 Å². The lowest BCUT2D eigenvalue weighted by Gasteiger charge is -2.10. The molecule has 1 aliphatic rings. The van der Waals surface area contributed by atoms with E-state index in [4.69, 9.17) is 17.3 Å². The van der Waals surface area contributed by atoms with E-state index in [-0.39, 0.29) is 0 Å². The van der Waals surface area contributed by atoms with Crippen LogP contribution in [0.1, 0.15) is 31.4 Å². The second-order valence-electron chi connectivity index (χ2n) is 5.46. The van der Waals surface area contributed by atoms with Crippen LogP contribution in [-0.2, 0) is 6.42 Å². The van der Waals surface area contributed by atoms with Crippen LogP contribution < -0.4 is 5.73 Å². The van der Waals surface area contributed by atoms with Crippen LogP contribution in [0.3, 0.4) is 0 Å². The Kier molecular flexibility index (Phi) is 3.88. The predicted molar refractivity (Wildman–Crippen MR) is 82.6 cm³/mol. The topological polar surface area (TPSA) is 51.8 Å². The number of benzene rings is 1. The third kappa shape index (κ3) is 3.10. The molecule has 0 spiro atoms. The number of aromatic nitrogens is 2. The molecule has 3 rings (SSSR count). The fourth-order valence-corrected chi connectivity index (χ4v) is 3.03. The lowest BCUT2D eigenvalue weighted by atomic mass is 10.0. The number of hydrogen-bond acceptors (Lipinski definition) is 3. The fraction of sp³-hybridized carbons (Fsp3) is 0.375. The highest BCUT2D eigenvalue weighted by Gasteiger charge is 2.17. The number of nitrogens with two attached hydrogens (primary N) is 1. The van der Waals surface area contributed by atoms with E-state index in [0.29, 0.717) is 5.95 Å². The summed E-state index contributed by atoms with van der Waals surface area (Å²) in [7, 11) is 0. The zero-order valence-corrected chi connectivity index (χ0v) is 12.1. The Bertz CT molecular complexity index is 589. The van der Waals surface area contributed by atoms with E-state index in [0.717, 1.165) is 34.3 Å². The molecule has 0 amide bonds. The molecule has 1 heterocycles. The summed E-state index contributed by atoms with van der Waals surface area (Å²) in [5.74, 6) is 1.10. The molecule has 2 N–H and O–H groups in total. The maximum absolute atomic E-state index is 5.92. The molecule has 0 unspecified atom stereocenters. The highest BCUT2D eigenvalue weighted by atomic mass is 35.5. The van der Waals surface area contributed by atoms with Crippen molar-refractivity contribution in [3.63, 3.8) is 0 Å². The number of rotatable bonds is 3. The summed E-state index contributed by atoms with van der Waals surface area (Å²) in [6.07, 6.45) is 6.30. The normalized spacial score (nSPS) is 15.7. The van der Waals surface area contributed by atoms with Crippen molar-refractivity contribution >= 4 is 17.5 Å². The molecule has 20 heavy (non-hydrogen) atoms. The molecule has 0 aliphatic heterocycles. The second-order valence-corrected chi connectivity index (χ2v) is 5.90. The van der Waals surface area contributed by atoms with Gasteiger partial charge in [-0.1, -0.05) is 49.4 Å². The van der Waals surface area contributed by atoms with Crippen LogP contribution in [0, 0.1) is 5.92 Å². The molecule has 0 saturated heterocycles. The Morgan fingerprint density at radius 3 is 2.50 bits per heavy atom. The van der Waals surface area contributed by atoms with Gasteiger partial charge >= 0.3 is 0 Å². The molecule has 0 bridgehead atoms. The van der Waals surface area contributed by atoms with Crippen molar-refractivity contribution in [2.24, 2.45) is 5.92 Å². The summed E-state index contributed by atoms with van der Waals surface area (Å²) in [5, 5.41) is 0.724. The Hall–Kier alpha value is -1.61. The molecule has 1 aromatic carbocycles. The lowest BCUT2D eigenvalue weighted by Crippen LogP contribution is -2.05. The quantitative estimate of drug-likeness (QED) is 0.924. The summed E-state index contributed by atoms with van der Waals surface area (Å²) < 4.78 is 0. The van der Waals surface area contributed by atoms with Gasteiger partial charge in [0.15, 0.2) is 0 Å². The van der Waals surface area contributed by atoms with E-state index < -0.39 is 0 Å². The van der Waals surface area contributed by atoms with Gasteiger partial charge in [0.05, 0.1) is 5.69 Å². The SMILES string of the molecule is Nc1nc(CC2CCCC2)cc(-c2ccc(Cl)cc2)n1. The van der Waals surface area contributed by atoms with Crippen molar-refractivity contribution in [3.8, 4) is 11.3 Å². The number of anilines is 1. The Balaban J connectivity index is 1.87. The Morgan fingerprint density at radius 1 is 1.10 bits per heavy atom. The van der Waals surface area contributed by atoms with Crippen molar-refractivity contribution in [3.05, 3.63) is 41.0 Å². The molecule has 3 nitrogen and oxygen atoms in total. The number of nitrogens with zero attached hydrogens (tertiary/aromatic N) is 2. The predicted octanol–water partition coefficient (Wildman–Crippen LogP) is 4.11. The van der Waals surface area contributed by atoms with Gasteiger partial charge in [-0.15, -0.1) is 0 Å². The van der Waals surface area contributed by atoms with Crippen molar-refractivity contribution in [2.75, 3.05) is 5.73 Å². The molecule has 1 saturated carbocycles.